The Hall–Kier alpha value is -2.93. The van der Waals surface area contributed by atoms with Crippen LogP contribution in [0.5, 0.6) is 5.75 Å². The van der Waals surface area contributed by atoms with Crippen LogP contribution in [-0.4, -0.2) is 28.8 Å². The fourth-order valence-corrected chi connectivity index (χ4v) is 4.42. The normalized spacial score (nSPS) is 17.8. The van der Waals surface area contributed by atoms with Crippen LogP contribution in [-0.2, 0) is 16.1 Å². The van der Waals surface area contributed by atoms with Gasteiger partial charge in [0.25, 0.3) is 11.7 Å². The van der Waals surface area contributed by atoms with E-state index in [0.717, 1.165) is 0 Å². The third-order valence-corrected chi connectivity index (χ3v) is 5.92. The summed E-state index contributed by atoms with van der Waals surface area (Å²) in [5.41, 5.74) is 0.671. The molecule has 6 nitrogen and oxygen atoms in total. The van der Waals surface area contributed by atoms with Gasteiger partial charge in [0.2, 0.25) is 0 Å². The molecule has 0 bridgehead atoms. The summed E-state index contributed by atoms with van der Waals surface area (Å²) in [6.45, 7) is 0.0335. The Morgan fingerprint density at radius 1 is 1.09 bits per heavy atom. The van der Waals surface area contributed by atoms with Crippen molar-refractivity contribution in [1.29, 1.82) is 0 Å². The molecule has 0 aliphatic carbocycles. The number of carbonyl (C=O) groups is 2. The number of rotatable bonds is 5. The van der Waals surface area contributed by atoms with E-state index in [4.69, 9.17) is 44.0 Å². The summed E-state index contributed by atoms with van der Waals surface area (Å²) in [4.78, 5) is 27.3. The average molecular weight is 493 g/mol. The number of likely N-dealkylation sites (tertiary alicyclic amines) is 1. The van der Waals surface area contributed by atoms with Gasteiger partial charge in [0, 0.05) is 10.6 Å². The topological polar surface area (TPSA) is 80.0 Å². The van der Waals surface area contributed by atoms with E-state index >= 15 is 0 Å². The third kappa shape index (κ3) is 3.97. The Labute approximate surface area is 198 Å². The molecule has 4 rings (SSSR count). The van der Waals surface area contributed by atoms with Crippen LogP contribution in [0.4, 0.5) is 0 Å². The molecule has 1 amide bonds. The minimum Gasteiger partial charge on any atom is -0.507 e. The van der Waals surface area contributed by atoms with Gasteiger partial charge in [-0.05, 0) is 42.0 Å². The van der Waals surface area contributed by atoms with E-state index in [-0.39, 0.29) is 33.5 Å². The first-order valence-electron chi connectivity index (χ1n) is 9.41. The maximum Gasteiger partial charge on any atom is 0.296 e. The molecule has 1 saturated heterocycles. The van der Waals surface area contributed by atoms with Crippen LogP contribution >= 0.6 is 34.8 Å². The fraction of sp³-hybridized carbons (Fsp3) is 0.130. The number of aliphatic hydroxyl groups is 1. The smallest absolute Gasteiger partial charge is 0.296 e. The van der Waals surface area contributed by atoms with E-state index in [1.807, 2.05) is 0 Å². The molecule has 1 atom stereocenters. The van der Waals surface area contributed by atoms with Gasteiger partial charge >= 0.3 is 0 Å². The summed E-state index contributed by atoms with van der Waals surface area (Å²) in [5, 5.41) is 11.9. The van der Waals surface area contributed by atoms with Crippen LogP contribution in [0.15, 0.2) is 64.8 Å². The fourth-order valence-electron chi connectivity index (χ4n) is 3.65. The lowest BCUT2D eigenvalue weighted by molar-refractivity contribution is -0.140. The first-order chi connectivity index (χ1) is 15.3. The molecule has 1 fully saturated rings. The second-order valence-corrected chi connectivity index (χ2v) is 8.28. The van der Waals surface area contributed by atoms with Gasteiger partial charge in [-0.25, -0.2) is 0 Å². The van der Waals surface area contributed by atoms with Crippen molar-refractivity contribution in [3.8, 4) is 5.75 Å². The van der Waals surface area contributed by atoms with Crippen molar-refractivity contribution in [2.45, 2.75) is 12.6 Å². The molecule has 0 spiro atoms. The molecule has 32 heavy (non-hydrogen) atoms. The van der Waals surface area contributed by atoms with Crippen molar-refractivity contribution in [2.75, 3.05) is 7.11 Å². The van der Waals surface area contributed by atoms with Crippen molar-refractivity contribution in [3.63, 3.8) is 0 Å². The largest absolute Gasteiger partial charge is 0.507 e. The number of nitrogens with zero attached hydrogens (tertiary/aromatic N) is 1. The summed E-state index contributed by atoms with van der Waals surface area (Å²) in [7, 11) is 1.41. The molecular formula is C23H16Cl3NO5. The Morgan fingerprint density at radius 2 is 1.75 bits per heavy atom. The van der Waals surface area contributed by atoms with Crippen LogP contribution in [0.3, 0.4) is 0 Å². The van der Waals surface area contributed by atoms with Crippen LogP contribution in [0, 0.1) is 0 Å². The lowest BCUT2D eigenvalue weighted by atomic mass is 9.95. The molecule has 1 aliphatic rings. The Balaban J connectivity index is 1.89. The maximum atomic E-state index is 13.0. The summed E-state index contributed by atoms with van der Waals surface area (Å²) in [6.07, 6.45) is 1.48. The van der Waals surface area contributed by atoms with E-state index in [9.17, 15) is 14.7 Å². The van der Waals surface area contributed by atoms with Gasteiger partial charge in [-0.2, -0.15) is 0 Å². The van der Waals surface area contributed by atoms with Gasteiger partial charge < -0.3 is 19.2 Å². The van der Waals surface area contributed by atoms with E-state index in [1.54, 1.807) is 36.4 Å². The summed E-state index contributed by atoms with van der Waals surface area (Å²) >= 11 is 18.4. The number of aliphatic hydroxyl groups excluding tert-OH is 1. The Morgan fingerprint density at radius 3 is 2.31 bits per heavy atom. The molecule has 2 aromatic carbocycles. The van der Waals surface area contributed by atoms with E-state index in [0.29, 0.717) is 16.3 Å². The summed E-state index contributed by atoms with van der Waals surface area (Å²) in [5.74, 6) is -1.29. The Kier molecular flexibility index (Phi) is 6.20. The molecule has 3 aromatic rings. The zero-order chi connectivity index (χ0) is 23.0. The molecule has 1 N–H and O–H groups in total. The SMILES string of the molecule is COc1c(Cl)cc(/C(O)=C2\C(=O)C(=O)N(Cc3ccco3)C2c2ccc(Cl)cc2)cc1Cl. The van der Waals surface area contributed by atoms with Crippen LogP contribution in [0.1, 0.15) is 22.9 Å². The predicted octanol–water partition coefficient (Wildman–Crippen LogP) is 5.87. The van der Waals surface area contributed by atoms with Crippen molar-refractivity contribution < 1.29 is 23.8 Å². The number of methoxy groups -OCH3 is 1. The molecule has 0 saturated carbocycles. The van der Waals surface area contributed by atoms with Crippen molar-refractivity contribution in [1.82, 2.24) is 4.90 Å². The lowest BCUT2D eigenvalue weighted by Gasteiger charge is -2.24. The average Bonchev–Trinajstić information content (AvgIpc) is 3.36. The number of Topliss-reactive ketones (excluding diaryl/α,β-unsaturated/α-hetero) is 1. The van der Waals surface area contributed by atoms with Gasteiger partial charge in [0.1, 0.15) is 11.5 Å². The lowest BCUT2D eigenvalue weighted by Crippen LogP contribution is -2.29. The minimum atomic E-state index is -0.878. The van der Waals surface area contributed by atoms with Crippen LogP contribution in [0.25, 0.3) is 5.76 Å². The van der Waals surface area contributed by atoms with Gasteiger partial charge in [-0.3, -0.25) is 9.59 Å². The molecule has 1 aromatic heterocycles. The highest BCUT2D eigenvalue weighted by Crippen LogP contribution is 2.42. The van der Waals surface area contributed by atoms with E-state index < -0.39 is 23.5 Å². The number of furan rings is 1. The van der Waals surface area contributed by atoms with Gasteiger partial charge in [0.15, 0.2) is 5.75 Å². The number of amides is 1. The van der Waals surface area contributed by atoms with E-state index in [1.165, 1.54) is 30.4 Å². The number of carbonyl (C=O) groups excluding carboxylic acids is 2. The number of ketones is 1. The predicted molar refractivity (Wildman–Crippen MR) is 121 cm³/mol. The van der Waals surface area contributed by atoms with E-state index in [2.05, 4.69) is 0 Å². The standard InChI is InChI=1S/C23H16Cl3NO5/c1-31-22-16(25)9-13(10-17(22)26)20(28)18-19(12-4-6-14(24)7-5-12)27(23(30)21(18)29)11-15-3-2-8-32-15/h2-10,19,28H,11H2,1H3/b20-18+. The van der Waals surface area contributed by atoms with Crippen molar-refractivity contribution in [3.05, 3.63) is 92.3 Å². The molecule has 9 heteroatoms. The second kappa shape index (κ2) is 8.90. The Bertz CT molecular complexity index is 1200. The first-order valence-corrected chi connectivity index (χ1v) is 10.5. The highest BCUT2D eigenvalue weighted by Gasteiger charge is 2.46. The zero-order valence-electron chi connectivity index (χ0n) is 16.6. The molecule has 2 heterocycles. The number of ether oxygens (including phenoxy) is 1. The number of halogens is 3. The quantitative estimate of drug-likeness (QED) is 0.274. The van der Waals surface area contributed by atoms with Gasteiger partial charge in [-0.15, -0.1) is 0 Å². The number of benzene rings is 2. The molecule has 1 aliphatic heterocycles. The molecule has 0 radical (unpaired) electrons. The summed E-state index contributed by atoms with van der Waals surface area (Å²) < 4.78 is 10.5. The summed E-state index contributed by atoms with van der Waals surface area (Å²) in [6, 6.07) is 12.0. The first kappa shape index (κ1) is 22.3. The van der Waals surface area contributed by atoms with Gasteiger partial charge in [-0.1, -0.05) is 46.9 Å². The van der Waals surface area contributed by atoms with Crippen LogP contribution in [0.2, 0.25) is 15.1 Å². The molecule has 1 unspecified atom stereocenters. The number of hydrogen-bond donors (Lipinski definition) is 1. The monoisotopic (exact) mass is 491 g/mol. The number of hydrogen-bond acceptors (Lipinski definition) is 5. The molecule has 164 valence electrons. The minimum absolute atomic E-state index is 0.0335. The van der Waals surface area contributed by atoms with Gasteiger partial charge in [0.05, 0.1) is 41.6 Å². The zero-order valence-corrected chi connectivity index (χ0v) is 18.9. The second-order valence-electron chi connectivity index (χ2n) is 7.03. The highest BCUT2D eigenvalue weighted by molar-refractivity contribution is 6.46. The third-order valence-electron chi connectivity index (χ3n) is 5.11. The van der Waals surface area contributed by atoms with Crippen molar-refractivity contribution in [2.24, 2.45) is 0 Å². The van der Waals surface area contributed by atoms with Crippen molar-refractivity contribution >= 4 is 52.3 Å². The molecular weight excluding hydrogens is 477 g/mol. The highest BCUT2D eigenvalue weighted by atomic mass is 35.5. The van der Waals surface area contributed by atoms with Crippen LogP contribution < -0.4 is 4.74 Å². The maximum absolute atomic E-state index is 13.0.